The first kappa shape index (κ1) is 24.0. The smallest absolute Gasteiger partial charge is 0.372 e. The van der Waals surface area contributed by atoms with E-state index in [4.69, 9.17) is 5.41 Å². The third-order valence-electron chi connectivity index (χ3n) is 5.63. The number of benzene rings is 2. The van der Waals surface area contributed by atoms with Crippen LogP contribution in [0.2, 0.25) is 0 Å². The van der Waals surface area contributed by atoms with Gasteiger partial charge >= 0.3 is 6.18 Å². The van der Waals surface area contributed by atoms with Crippen molar-refractivity contribution in [1.82, 2.24) is 14.5 Å². The number of nitrogens with one attached hydrogen (secondary N) is 2. The van der Waals surface area contributed by atoms with Gasteiger partial charge in [0.2, 0.25) is 5.60 Å². The number of aliphatic hydroxyl groups is 1. The number of aromatic nitrogens is 3. The van der Waals surface area contributed by atoms with Gasteiger partial charge in [0.05, 0.1) is 11.9 Å². The van der Waals surface area contributed by atoms with E-state index in [1.807, 2.05) is 0 Å². The van der Waals surface area contributed by atoms with E-state index >= 15 is 0 Å². The predicted octanol–water partition coefficient (Wildman–Crippen LogP) is 3.37. The number of nitrogens with zero attached hydrogens (tertiary/aromatic N) is 2. The van der Waals surface area contributed by atoms with Crippen LogP contribution in [0.3, 0.4) is 0 Å². The van der Waals surface area contributed by atoms with Crippen LogP contribution in [0.4, 0.5) is 28.9 Å². The molecule has 0 radical (unpaired) electrons. The number of nitrogens with two attached hydrogens (primary N) is 1. The molecule has 0 spiro atoms. The number of aromatic amines is 1. The molecule has 0 amide bonds. The lowest BCUT2D eigenvalue weighted by Crippen LogP contribution is -2.71. The molecular weight excluding hydrogens is 466 g/mol. The topological polar surface area (TPSA) is 111 Å². The van der Waals surface area contributed by atoms with Crippen molar-refractivity contribution in [2.45, 2.75) is 18.3 Å². The SMILES string of the molecule is C=CCn1cc(C(O)(c2ccc([NH2+]c3ccc(F)cc3)c(C=N)c2)C(F)(F)F)c2nc[nH]c(=O)c21. The van der Waals surface area contributed by atoms with E-state index in [9.17, 15) is 27.5 Å². The molecule has 0 aliphatic carbocycles. The summed E-state index contributed by atoms with van der Waals surface area (Å²) in [6, 6.07) is 8.93. The summed E-state index contributed by atoms with van der Waals surface area (Å²) in [4.78, 5) is 18.6. The van der Waals surface area contributed by atoms with Gasteiger partial charge in [0.1, 0.15) is 28.2 Å². The Bertz CT molecular complexity index is 1470. The molecule has 0 fully saturated rings. The second kappa shape index (κ2) is 8.93. The number of H-pyrrole nitrogens is 1. The molecule has 0 saturated carbocycles. The molecule has 2 aromatic carbocycles. The minimum atomic E-state index is -5.20. The van der Waals surface area contributed by atoms with Gasteiger partial charge in [-0.05, 0) is 29.8 Å². The van der Waals surface area contributed by atoms with Gasteiger partial charge in [-0.1, -0.05) is 6.08 Å². The van der Waals surface area contributed by atoms with Crippen LogP contribution in [0.1, 0.15) is 16.7 Å². The largest absolute Gasteiger partial charge is 0.425 e. The number of fused-ring (bicyclic) bond motifs is 1. The van der Waals surface area contributed by atoms with Crippen LogP contribution in [0.5, 0.6) is 0 Å². The third-order valence-corrected chi connectivity index (χ3v) is 5.63. The number of hydrogen-bond donors (Lipinski definition) is 4. The van der Waals surface area contributed by atoms with Gasteiger partial charge in [-0.25, -0.2) is 9.37 Å². The maximum absolute atomic E-state index is 14.5. The number of quaternary nitrogens is 1. The van der Waals surface area contributed by atoms with Gasteiger partial charge in [0.15, 0.2) is 0 Å². The highest BCUT2D eigenvalue weighted by Crippen LogP contribution is 2.46. The monoisotopic (exact) mass is 486 g/mol. The first-order valence-electron chi connectivity index (χ1n) is 10.3. The normalized spacial score (nSPS) is 13.5. The van der Waals surface area contributed by atoms with Gasteiger partial charge in [-0.3, -0.25) is 10.1 Å². The zero-order valence-electron chi connectivity index (χ0n) is 18.1. The lowest BCUT2D eigenvalue weighted by atomic mass is 9.85. The van der Waals surface area contributed by atoms with Crippen LogP contribution < -0.4 is 10.9 Å². The molecule has 180 valence electrons. The molecule has 7 nitrogen and oxygen atoms in total. The zero-order chi connectivity index (χ0) is 25.4. The Kier molecular flexibility index (Phi) is 6.14. The Morgan fingerprint density at radius 3 is 2.54 bits per heavy atom. The minimum absolute atomic E-state index is 0.0104. The van der Waals surface area contributed by atoms with E-state index in [0.29, 0.717) is 11.4 Å². The number of halogens is 4. The number of allylic oxidation sites excluding steroid dienone is 1. The quantitative estimate of drug-likeness (QED) is 0.139. The van der Waals surface area contributed by atoms with Gasteiger partial charge in [0, 0.05) is 42.7 Å². The average molecular weight is 486 g/mol. The standard InChI is InChI=1S/C24H19F4N5O2/c1-2-9-33-12-18(20-21(33)22(34)31-13-30-20)23(35,24(26,27)28)15-3-8-19(14(10-15)11-29)32-17-6-4-16(25)5-7-17/h2-8,10-13,29,32,35H,1,9H2,(H,30,31,34)/p+1. The van der Waals surface area contributed by atoms with E-state index in [0.717, 1.165) is 30.9 Å². The molecule has 1 unspecified atom stereocenters. The average Bonchev–Trinajstić information content (AvgIpc) is 3.20. The third kappa shape index (κ3) is 4.15. The highest BCUT2D eigenvalue weighted by Gasteiger charge is 2.58. The molecule has 4 aromatic rings. The maximum Gasteiger partial charge on any atom is 0.425 e. The fourth-order valence-electron chi connectivity index (χ4n) is 3.95. The van der Waals surface area contributed by atoms with Crippen molar-refractivity contribution in [3.63, 3.8) is 0 Å². The summed E-state index contributed by atoms with van der Waals surface area (Å²) in [6.45, 7) is 3.57. The van der Waals surface area contributed by atoms with Crippen molar-refractivity contribution in [2.75, 3.05) is 0 Å². The molecule has 5 N–H and O–H groups in total. The first-order chi connectivity index (χ1) is 16.6. The molecule has 2 aromatic heterocycles. The molecule has 11 heteroatoms. The summed E-state index contributed by atoms with van der Waals surface area (Å²) in [5.74, 6) is -0.442. The molecule has 0 aliphatic rings. The van der Waals surface area contributed by atoms with E-state index in [2.05, 4.69) is 16.5 Å². The van der Waals surface area contributed by atoms with Crippen molar-refractivity contribution < 1.29 is 28.0 Å². The van der Waals surface area contributed by atoms with Crippen molar-refractivity contribution in [1.29, 1.82) is 5.41 Å². The summed E-state index contributed by atoms with van der Waals surface area (Å²) in [5, 5.41) is 20.5. The van der Waals surface area contributed by atoms with Gasteiger partial charge < -0.3 is 20.1 Å². The van der Waals surface area contributed by atoms with E-state index in [-0.39, 0.29) is 23.1 Å². The second-order valence-corrected chi connectivity index (χ2v) is 7.80. The molecular formula is C24H20F4N5O2+. The van der Waals surface area contributed by atoms with Crippen LogP contribution in [0, 0.1) is 11.2 Å². The Balaban J connectivity index is 1.91. The molecule has 0 bridgehead atoms. The summed E-state index contributed by atoms with van der Waals surface area (Å²) < 4.78 is 58.0. The summed E-state index contributed by atoms with van der Waals surface area (Å²) in [6.07, 6.45) is -0.946. The van der Waals surface area contributed by atoms with Crippen LogP contribution in [0.25, 0.3) is 11.0 Å². The van der Waals surface area contributed by atoms with E-state index in [1.54, 1.807) is 5.32 Å². The molecule has 2 heterocycles. The molecule has 4 rings (SSSR count). The summed E-state index contributed by atoms with van der Waals surface area (Å²) >= 11 is 0. The van der Waals surface area contributed by atoms with Crippen LogP contribution >= 0.6 is 0 Å². The lowest BCUT2D eigenvalue weighted by molar-refractivity contribution is -0.478. The fraction of sp³-hybridized carbons (Fsp3) is 0.125. The summed E-state index contributed by atoms with van der Waals surface area (Å²) in [7, 11) is 0. The van der Waals surface area contributed by atoms with Gasteiger partial charge in [0.25, 0.3) is 5.56 Å². The maximum atomic E-state index is 14.5. The van der Waals surface area contributed by atoms with Crippen molar-refractivity contribution >= 4 is 28.6 Å². The Labute approximate surface area is 195 Å². The lowest BCUT2D eigenvalue weighted by Gasteiger charge is -2.31. The molecule has 1 atom stereocenters. The Hall–Kier alpha value is -4.09. The second-order valence-electron chi connectivity index (χ2n) is 7.80. The van der Waals surface area contributed by atoms with Crippen molar-refractivity contribution in [3.05, 3.63) is 101 Å². The molecule has 35 heavy (non-hydrogen) atoms. The van der Waals surface area contributed by atoms with Crippen molar-refractivity contribution in [3.8, 4) is 0 Å². The van der Waals surface area contributed by atoms with E-state index in [1.165, 1.54) is 41.0 Å². The van der Waals surface area contributed by atoms with Crippen LogP contribution in [0.15, 0.2) is 72.4 Å². The highest BCUT2D eigenvalue weighted by atomic mass is 19.4. The van der Waals surface area contributed by atoms with Crippen LogP contribution in [-0.4, -0.2) is 32.0 Å². The summed E-state index contributed by atoms with van der Waals surface area (Å²) in [5.41, 5.74) is -4.78. The van der Waals surface area contributed by atoms with Crippen molar-refractivity contribution in [2.24, 2.45) is 0 Å². The number of alkyl halides is 3. The highest BCUT2D eigenvalue weighted by molar-refractivity contribution is 5.84. The zero-order valence-corrected chi connectivity index (χ0v) is 18.1. The molecule has 0 aliphatic heterocycles. The van der Waals surface area contributed by atoms with Gasteiger partial charge in [-0.2, -0.15) is 13.2 Å². The fourth-order valence-corrected chi connectivity index (χ4v) is 3.95. The van der Waals surface area contributed by atoms with Crippen LogP contribution in [-0.2, 0) is 12.1 Å². The number of hydrogen-bond acceptors (Lipinski definition) is 4. The number of rotatable bonds is 7. The predicted molar refractivity (Wildman–Crippen MR) is 122 cm³/mol. The first-order valence-corrected chi connectivity index (χ1v) is 10.3. The minimum Gasteiger partial charge on any atom is -0.372 e. The Morgan fingerprint density at radius 2 is 1.91 bits per heavy atom. The Morgan fingerprint density at radius 1 is 1.20 bits per heavy atom. The molecule has 0 saturated heterocycles. The van der Waals surface area contributed by atoms with Gasteiger partial charge in [-0.15, -0.1) is 6.58 Å². The van der Waals surface area contributed by atoms with E-state index < -0.39 is 34.3 Å².